The van der Waals surface area contributed by atoms with E-state index in [-0.39, 0.29) is 24.8 Å². The van der Waals surface area contributed by atoms with Crippen LogP contribution in [0.3, 0.4) is 0 Å². The van der Waals surface area contributed by atoms with Crippen molar-refractivity contribution in [3.8, 4) is 22.6 Å². The van der Waals surface area contributed by atoms with Gasteiger partial charge in [-0.05, 0) is 22.3 Å². The van der Waals surface area contributed by atoms with E-state index in [1.54, 1.807) is 0 Å². The number of aromatic nitrogens is 1. The van der Waals surface area contributed by atoms with Crippen LogP contribution in [0.25, 0.3) is 22.6 Å². The molecule has 8 nitrogen and oxygen atoms in total. The molecule has 0 radical (unpaired) electrons. The lowest BCUT2D eigenvalue weighted by Gasteiger charge is -2.36. The molecule has 51 heavy (non-hydrogen) atoms. The SMILES string of the molecule is O=C(NCc1ccccc1)NCc1ccc([C@@H]2O[C@H](CSc3nc(-c4ccccc4)c(-c4ccccc4)o3)C[C@H](c3ccc(CO)cc3)O2)cc1. The van der Waals surface area contributed by atoms with Gasteiger partial charge in [0.15, 0.2) is 12.1 Å². The monoisotopic (exact) mass is 697 g/mol. The zero-order chi connectivity index (χ0) is 34.8. The first-order valence-corrected chi connectivity index (χ1v) is 18.0. The summed E-state index contributed by atoms with van der Waals surface area (Å²) in [6.07, 6.45) is -0.355. The molecule has 258 valence electrons. The molecule has 0 aliphatic carbocycles. The van der Waals surface area contributed by atoms with Crippen LogP contribution in [-0.2, 0) is 29.2 Å². The first-order chi connectivity index (χ1) is 25.1. The van der Waals surface area contributed by atoms with Crippen molar-refractivity contribution in [2.24, 2.45) is 0 Å². The van der Waals surface area contributed by atoms with Gasteiger partial charge in [0, 0.05) is 42.0 Å². The van der Waals surface area contributed by atoms with Crippen molar-refractivity contribution in [1.82, 2.24) is 15.6 Å². The van der Waals surface area contributed by atoms with Crippen LogP contribution in [0.2, 0.25) is 0 Å². The van der Waals surface area contributed by atoms with Crippen LogP contribution in [0.4, 0.5) is 4.79 Å². The Bertz CT molecular complexity index is 1930. The number of hydrogen-bond donors (Lipinski definition) is 3. The Hall–Kier alpha value is -5.19. The average molecular weight is 698 g/mol. The quantitative estimate of drug-likeness (QED) is 0.110. The van der Waals surface area contributed by atoms with E-state index in [0.717, 1.165) is 50.4 Å². The summed E-state index contributed by atoms with van der Waals surface area (Å²) >= 11 is 1.53. The van der Waals surface area contributed by atoms with Gasteiger partial charge in [-0.1, -0.05) is 151 Å². The summed E-state index contributed by atoms with van der Waals surface area (Å²) in [4.78, 5) is 17.3. The third-order valence-electron chi connectivity index (χ3n) is 8.70. The van der Waals surface area contributed by atoms with Crippen LogP contribution in [0.1, 0.15) is 46.6 Å². The molecule has 3 atom stereocenters. The summed E-state index contributed by atoms with van der Waals surface area (Å²) in [6, 6.07) is 45.5. The van der Waals surface area contributed by atoms with E-state index >= 15 is 0 Å². The molecule has 2 heterocycles. The molecule has 1 saturated heterocycles. The second-order valence-electron chi connectivity index (χ2n) is 12.3. The number of nitrogens with zero attached hydrogens (tertiary/aromatic N) is 1. The van der Waals surface area contributed by atoms with Crippen LogP contribution >= 0.6 is 11.8 Å². The van der Waals surface area contributed by atoms with Gasteiger partial charge in [0.2, 0.25) is 0 Å². The molecular weight excluding hydrogens is 659 g/mol. The maximum atomic E-state index is 12.4. The molecule has 0 spiro atoms. The first kappa shape index (κ1) is 34.3. The van der Waals surface area contributed by atoms with E-state index in [9.17, 15) is 9.90 Å². The maximum Gasteiger partial charge on any atom is 0.315 e. The van der Waals surface area contributed by atoms with Crippen molar-refractivity contribution in [1.29, 1.82) is 0 Å². The molecule has 2 amide bonds. The van der Waals surface area contributed by atoms with E-state index in [0.29, 0.717) is 30.5 Å². The second-order valence-corrected chi connectivity index (χ2v) is 13.3. The van der Waals surface area contributed by atoms with Crippen LogP contribution in [0.15, 0.2) is 149 Å². The van der Waals surface area contributed by atoms with Crippen molar-refractivity contribution in [3.63, 3.8) is 0 Å². The van der Waals surface area contributed by atoms with Gasteiger partial charge in [0.1, 0.15) is 5.69 Å². The highest BCUT2D eigenvalue weighted by Crippen LogP contribution is 2.41. The molecule has 1 aromatic heterocycles. The fraction of sp³-hybridized carbons (Fsp3) is 0.190. The Labute approximate surface area is 301 Å². The summed E-state index contributed by atoms with van der Waals surface area (Å²) < 4.78 is 19.5. The molecule has 1 aliphatic rings. The van der Waals surface area contributed by atoms with Crippen LogP contribution in [0, 0.1) is 0 Å². The Kier molecular flexibility index (Phi) is 11.2. The van der Waals surface area contributed by atoms with Crippen molar-refractivity contribution in [2.75, 3.05) is 5.75 Å². The highest BCUT2D eigenvalue weighted by atomic mass is 32.2. The Morgan fingerprint density at radius 2 is 1.25 bits per heavy atom. The number of thioether (sulfide) groups is 1. The van der Waals surface area contributed by atoms with Gasteiger partial charge in [-0.3, -0.25) is 0 Å². The number of benzene rings is 5. The molecule has 7 rings (SSSR count). The van der Waals surface area contributed by atoms with Gasteiger partial charge in [-0.15, -0.1) is 0 Å². The third-order valence-corrected chi connectivity index (χ3v) is 9.66. The van der Waals surface area contributed by atoms with Crippen molar-refractivity contribution >= 4 is 17.8 Å². The zero-order valence-corrected chi connectivity index (χ0v) is 28.8. The molecule has 6 aromatic rings. The number of carbonyl (C=O) groups is 1. The van der Waals surface area contributed by atoms with Crippen LogP contribution in [0.5, 0.6) is 0 Å². The Balaban J connectivity index is 1.04. The minimum absolute atomic E-state index is 0.0151. The number of nitrogens with one attached hydrogen (secondary N) is 2. The third kappa shape index (κ3) is 8.95. The molecule has 1 fully saturated rings. The number of amides is 2. The molecule has 0 unspecified atom stereocenters. The molecule has 0 bridgehead atoms. The summed E-state index contributed by atoms with van der Waals surface area (Å²) in [7, 11) is 0. The minimum atomic E-state index is -0.604. The number of rotatable bonds is 12. The Morgan fingerprint density at radius 1 is 0.686 bits per heavy atom. The van der Waals surface area contributed by atoms with E-state index in [1.807, 2.05) is 140 Å². The number of urea groups is 1. The maximum absolute atomic E-state index is 12.4. The summed E-state index contributed by atoms with van der Waals surface area (Å²) in [5.74, 6) is 1.34. The Morgan fingerprint density at radius 3 is 1.90 bits per heavy atom. The van der Waals surface area contributed by atoms with Gasteiger partial charge in [-0.25, -0.2) is 9.78 Å². The number of ether oxygens (including phenoxy) is 2. The fourth-order valence-corrected chi connectivity index (χ4v) is 6.78. The number of carbonyl (C=O) groups excluding carboxylic acids is 1. The minimum Gasteiger partial charge on any atom is -0.431 e. The zero-order valence-electron chi connectivity index (χ0n) is 28.0. The first-order valence-electron chi connectivity index (χ1n) is 17.0. The van der Waals surface area contributed by atoms with Crippen molar-refractivity contribution in [2.45, 2.75) is 49.8 Å². The largest absolute Gasteiger partial charge is 0.431 e. The van der Waals surface area contributed by atoms with E-state index in [1.165, 1.54) is 11.8 Å². The summed E-state index contributed by atoms with van der Waals surface area (Å²) in [5, 5.41) is 16.0. The molecule has 0 saturated carbocycles. The number of aliphatic hydroxyl groups is 1. The lowest BCUT2D eigenvalue weighted by molar-refractivity contribution is -0.245. The number of aliphatic hydroxyl groups excluding tert-OH is 1. The molecular formula is C42H39N3O5S. The summed E-state index contributed by atoms with van der Waals surface area (Å²) in [5.41, 5.74) is 7.51. The van der Waals surface area contributed by atoms with Gasteiger partial charge < -0.3 is 29.6 Å². The number of hydrogen-bond acceptors (Lipinski definition) is 7. The van der Waals surface area contributed by atoms with Crippen molar-refractivity contribution in [3.05, 3.63) is 167 Å². The van der Waals surface area contributed by atoms with Crippen molar-refractivity contribution < 1.29 is 23.8 Å². The van der Waals surface area contributed by atoms with Gasteiger partial charge in [-0.2, -0.15) is 0 Å². The van der Waals surface area contributed by atoms with E-state index < -0.39 is 6.29 Å². The van der Waals surface area contributed by atoms with Crippen LogP contribution < -0.4 is 10.6 Å². The van der Waals surface area contributed by atoms with E-state index in [2.05, 4.69) is 10.6 Å². The topological polar surface area (TPSA) is 106 Å². The lowest BCUT2D eigenvalue weighted by Crippen LogP contribution is -2.34. The van der Waals surface area contributed by atoms with Crippen LogP contribution in [-0.4, -0.2) is 28.0 Å². The predicted octanol–water partition coefficient (Wildman–Crippen LogP) is 8.84. The highest BCUT2D eigenvalue weighted by Gasteiger charge is 2.33. The second kappa shape index (κ2) is 16.7. The molecule has 1 aliphatic heterocycles. The number of oxazole rings is 1. The average Bonchev–Trinajstić information content (AvgIpc) is 3.64. The molecule has 3 N–H and O–H groups in total. The van der Waals surface area contributed by atoms with Gasteiger partial charge >= 0.3 is 6.03 Å². The lowest BCUT2D eigenvalue weighted by atomic mass is 10.0. The highest BCUT2D eigenvalue weighted by molar-refractivity contribution is 7.99. The fourth-order valence-electron chi connectivity index (χ4n) is 5.94. The molecule has 9 heteroatoms. The smallest absolute Gasteiger partial charge is 0.315 e. The molecule has 5 aromatic carbocycles. The van der Waals surface area contributed by atoms with E-state index in [4.69, 9.17) is 18.9 Å². The van der Waals surface area contributed by atoms with Gasteiger partial charge in [0.05, 0.1) is 18.8 Å². The van der Waals surface area contributed by atoms with Gasteiger partial charge in [0.25, 0.3) is 5.22 Å². The summed E-state index contributed by atoms with van der Waals surface area (Å²) in [6.45, 7) is 0.834. The standard InChI is InChI=1S/C42H39N3O5S/c46-27-31-18-20-32(21-19-31)37-24-36(28-51-42-45-38(33-12-6-2-7-13-33)39(50-42)34-14-8-3-9-15-34)48-40(49-37)35-22-16-30(17-23-35)26-44-41(47)43-25-29-10-4-1-5-11-29/h1-23,36-37,40,46H,24-28H2,(H2,43,44,47)/t36-,37+,40+/m0/s1. The normalized spacial score (nSPS) is 17.2. The predicted molar refractivity (Wildman–Crippen MR) is 198 cm³/mol.